The highest BCUT2D eigenvalue weighted by Gasteiger charge is 2.42. The van der Waals surface area contributed by atoms with Crippen LogP contribution in [0.3, 0.4) is 0 Å². The van der Waals surface area contributed by atoms with Crippen LogP contribution in [-0.2, 0) is 4.79 Å². The number of Topliss-reactive ketones (excluding diaryl/α,β-unsaturated/α-hetero) is 1. The fraction of sp³-hybridized carbons (Fsp3) is 0.824. The number of carbonyl (C=O) groups excluding carboxylic acids is 1. The van der Waals surface area contributed by atoms with Gasteiger partial charge < -0.3 is 0 Å². The van der Waals surface area contributed by atoms with Crippen LogP contribution in [0.15, 0.2) is 11.6 Å². The number of hydrogen-bond acceptors (Lipinski definition) is 2. The highest BCUT2D eigenvalue weighted by atomic mass is 16.1. The van der Waals surface area contributed by atoms with Gasteiger partial charge in [0.1, 0.15) is 0 Å². The van der Waals surface area contributed by atoms with E-state index in [0.29, 0.717) is 5.78 Å². The van der Waals surface area contributed by atoms with E-state index in [1.54, 1.807) is 0 Å². The van der Waals surface area contributed by atoms with Gasteiger partial charge in [0, 0.05) is 0 Å². The summed E-state index contributed by atoms with van der Waals surface area (Å²) >= 11 is 0. The van der Waals surface area contributed by atoms with Gasteiger partial charge in [-0.15, -0.1) is 0 Å². The monoisotopic (exact) mass is 263 g/mol. The van der Waals surface area contributed by atoms with E-state index < -0.39 is 0 Å². The number of likely N-dealkylation sites (tertiary alicyclic amines) is 1. The molecule has 0 aromatic rings. The van der Waals surface area contributed by atoms with E-state index >= 15 is 0 Å². The SMILES string of the molecule is CCC(CC)(C(=O)C1=CCCCCC1)N1CCCC1. The molecule has 0 atom stereocenters. The summed E-state index contributed by atoms with van der Waals surface area (Å²) in [7, 11) is 0. The molecule has 0 saturated carbocycles. The smallest absolute Gasteiger partial charge is 0.178 e. The van der Waals surface area contributed by atoms with Gasteiger partial charge in [-0.25, -0.2) is 0 Å². The van der Waals surface area contributed by atoms with Crippen LogP contribution in [-0.4, -0.2) is 29.3 Å². The number of hydrogen-bond donors (Lipinski definition) is 0. The Labute approximate surface area is 118 Å². The summed E-state index contributed by atoms with van der Waals surface area (Å²) in [6, 6.07) is 0. The maximum absolute atomic E-state index is 13.1. The zero-order chi connectivity index (χ0) is 13.7. The molecule has 1 fully saturated rings. The quantitative estimate of drug-likeness (QED) is 0.744. The topological polar surface area (TPSA) is 20.3 Å². The highest BCUT2D eigenvalue weighted by molar-refractivity contribution is 6.02. The maximum Gasteiger partial charge on any atom is 0.178 e. The van der Waals surface area contributed by atoms with Crippen molar-refractivity contribution < 1.29 is 4.79 Å². The van der Waals surface area contributed by atoms with Crippen molar-refractivity contribution in [3.63, 3.8) is 0 Å². The predicted molar refractivity (Wildman–Crippen MR) is 80.3 cm³/mol. The first-order valence-corrected chi connectivity index (χ1v) is 8.23. The van der Waals surface area contributed by atoms with Crippen LogP contribution >= 0.6 is 0 Å². The Bertz CT molecular complexity index is 335. The number of ketones is 1. The van der Waals surface area contributed by atoms with Crippen molar-refractivity contribution in [2.75, 3.05) is 13.1 Å². The minimum Gasteiger partial charge on any atom is -0.292 e. The second kappa shape index (κ2) is 6.69. The fourth-order valence-corrected chi connectivity index (χ4v) is 3.83. The third kappa shape index (κ3) is 2.94. The Morgan fingerprint density at radius 1 is 1.11 bits per heavy atom. The van der Waals surface area contributed by atoms with Gasteiger partial charge in [0.05, 0.1) is 5.54 Å². The summed E-state index contributed by atoms with van der Waals surface area (Å²) in [5, 5.41) is 0. The van der Waals surface area contributed by atoms with Gasteiger partial charge in [0.25, 0.3) is 0 Å². The molecule has 1 aliphatic carbocycles. The molecule has 0 amide bonds. The number of carbonyl (C=O) groups is 1. The summed E-state index contributed by atoms with van der Waals surface area (Å²) in [6.07, 6.45) is 12.5. The molecule has 0 spiro atoms. The van der Waals surface area contributed by atoms with Crippen molar-refractivity contribution in [2.24, 2.45) is 0 Å². The summed E-state index contributed by atoms with van der Waals surface area (Å²) in [5.41, 5.74) is 0.931. The average molecular weight is 263 g/mol. The third-order valence-electron chi connectivity index (χ3n) is 5.14. The summed E-state index contributed by atoms with van der Waals surface area (Å²) in [5.74, 6) is 0.446. The molecule has 2 nitrogen and oxygen atoms in total. The molecular formula is C17H29NO. The lowest BCUT2D eigenvalue weighted by molar-refractivity contribution is -0.127. The van der Waals surface area contributed by atoms with E-state index in [0.717, 1.165) is 44.3 Å². The Hall–Kier alpha value is -0.630. The molecule has 2 aliphatic rings. The number of allylic oxidation sites excluding steroid dienone is 1. The zero-order valence-electron chi connectivity index (χ0n) is 12.7. The van der Waals surface area contributed by atoms with Crippen LogP contribution in [0.4, 0.5) is 0 Å². The number of rotatable bonds is 5. The Balaban J connectivity index is 2.21. The fourth-order valence-electron chi connectivity index (χ4n) is 3.83. The first kappa shape index (κ1) is 14.8. The Morgan fingerprint density at radius 3 is 2.42 bits per heavy atom. The van der Waals surface area contributed by atoms with E-state index in [1.807, 2.05) is 0 Å². The van der Waals surface area contributed by atoms with E-state index in [-0.39, 0.29) is 5.54 Å². The molecule has 1 heterocycles. The molecular weight excluding hydrogens is 234 g/mol. The first-order chi connectivity index (χ1) is 9.24. The van der Waals surface area contributed by atoms with Crippen molar-refractivity contribution >= 4 is 5.78 Å². The van der Waals surface area contributed by atoms with Crippen molar-refractivity contribution in [3.05, 3.63) is 11.6 Å². The molecule has 0 radical (unpaired) electrons. The molecule has 0 unspecified atom stereocenters. The second-order valence-electron chi connectivity index (χ2n) is 6.09. The largest absolute Gasteiger partial charge is 0.292 e. The predicted octanol–water partition coefficient (Wildman–Crippen LogP) is 4.10. The lowest BCUT2D eigenvalue weighted by Gasteiger charge is -2.40. The summed E-state index contributed by atoms with van der Waals surface area (Å²) in [6.45, 7) is 6.61. The van der Waals surface area contributed by atoms with Gasteiger partial charge in [0.15, 0.2) is 5.78 Å². The molecule has 2 heteroatoms. The van der Waals surface area contributed by atoms with E-state index in [1.165, 1.54) is 32.1 Å². The molecule has 2 rings (SSSR count). The molecule has 19 heavy (non-hydrogen) atoms. The van der Waals surface area contributed by atoms with Crippen LogP contribution in [0.1, 0.15) is 71.6 Å². The highest BCUT2D eigenvalue weighted by Crippen LogP contribution is 2.33. The molecule has 1 saturated heterocycles. The Morgan fingerprint density at radius 2 is 1.79 bits per heavy atom. The van der Waals surface area contributed by atoms with Gasteiger partial charge in [-0.3, -0.25) is 9.69 Å². The molecule has 0 aromatic heterocycles. The Kier molecular flexibility index (Phi) is 5.20. The van der Waals surface area contributed by atoms with Crippen molar-refractivity contribution in [1.82, 2.24) is 4.90 Å². The van der Waals surface area contributed by atoms with Gasteiger partial charge in [-0.1, -0.05) is 26.3 Å². The van der Waals surface area contributed by atoms with Crippen molar-refractivity contribution in [2.45, 2.75) is 77.2 Å². The van der Waals surface area contributed by atoms with Gasteiger partial charge in [0.2, 0.25) is 0 Å². The summed E-state index contributed by atoms with van der Waals surface area (Å²) < 4.78 is 0. The second-order valence-corrected chi connectivity index (χ2v) is 6.09. The lowest BCUT2D eigenvalue weighted by atomic mass is 9.81. The maximum atomic E-state index is 13.1. The first-order valence-electron chi connectivity index (χ1n) is 8.23. The van der Waals surface area contributed by atoms with Gasteiger partial charge >= 0.3 is 0 Å². The van der Waals surface area contributed by atoms with Crippen LogP contribution in [0.25, 0.3) is 0 Å². The molecule has 0 bridgehead atoms. The van der Waals surface area contributed by atoms with Crippen LogP contribution in [0.5, 0.6) is 0 Å². The van der Waals surface area contributed by atoms with E-state index in [4.69, 9.17) is 0 Å². The number of nitrogens with zero attached hydrogens (tertiary/aromatic N) is 1. The van der Waals surface area contributed by atoms with Crippen LogP contribution in [0.2, 0.25) is 0 Å². The summed E-state index contributed by atoms with van der Waals surface area (Å²) in [4.78, 5) is 15.6. The zero-order valence-corrected chi connectivity index (χ0v) is 12.7. The van der Waals surface area contributed by atoms with E-state index in [2.05, 4.69) is 24.8 Å². The molecule has 0 aromatic carbocycles. The molecule has 0 N–H and O–H groups in total. The van der Waals surface area contributed by atoms with Gasteiger partial charge in [-0.2, -0.15) is 0 Å². The van der Waals surface area contributed by atoms with Crippen molar-refractivity contribution in [1.29, 1.82) is 0 Å². The van der Waals surface area contributed by atoms with Gasteiger partial charge in [-0.05, 0) is 70.0 Å². The molecule has 1 aliphatic heterocycles. The lowest BCUT2D eigenvalue weighted by Crippen LogP contribution is -2.53. The standard InChI is InChI=1S/C17H29NO/c1-3-17(4-2,18-13-9-10-14-18)16(19)15-11-7-5-6-8-12-15/h11H,3-10,12-14H2,1-2H3. The third-order valence-corrected chi connectivity index (χ3v) is 5.14. The van der Waals surface area contributed by atoms with E-state index in [9.17, 15) is 4.79 Å². The normalized spacial score (nSPS) is 22.1. The van der Waals surface area contributed by atoms with Crippen LogP contribution in [0, 0.1) is 0 Å². The molecule has 108 valence electrons. The minimum atomic E-state index is -0.202. The average Bonchev–Trinajstić information content (AvgIpc) is 2.84. The van der Waals surface area contributed by atoms with Crippen molar-refractivity contribution in [3.8, 4) is 0 Å². The minimum absolute atomic E-state index is 0.202. The van der Waals surface area contributed by atoms with Crippen LogP contribution < -0.4 is 0 Å².